The van der Waals surface area contributed by atoms with Gasteiger partial charge in [-0.15, -0.1) is 0 Å². The normalized spacial score (nSPS) is 15.3. The molecular weight excluding hydrogens is 312 g/mol. The highest BCUT2D eigenvalue weighted by molar-refractivity contribution is 6.29. The van der Waals surface area contributed by atoms with E-state index in [1.807, 2.05) is 28.8 Å². The maximum Gasteiger partial charge on any atom is 0.159 e. The van der Waals surface area contributed by atoms with Crippen molar-refractivity contribution < 1.29 is 4.74 Å². The molecule has 0 amide bonds. The first-order chi connectivity index (χ1) is 11.2. The van der Waals surface area contributed by atoms with Gasteiger partial charge in [-0.25, -0.2) is 4.98 Å². The van der Waals surface area contributed by atoms with Gasteiger partial charge in [-0.05, 0) is 12.5 Å². The molecule has 3 heterocycles. The van der Waals surface area contributed by atoms with Crippen molar-refractivity contribution in [1.29, 1.82) is 0 Å². The van der Waals surface area contributed by atoms with Crippen molar-refractivity contribution in [2.75, 3.05) is 31.2 Å². The number of hydrogen-bond donors (Lipinski definition) is 0. The molecule has 1 saturated heterocycles. The molecule has 0 spiro atoms. The summed E-state index contributed by atoms with van der Waals surface area (Å²) < 4.78 is 7.31. The van der Waals surface area contributed by atoms with Crippen molar-refractivity contribution in [3.05, 3.63) is 47.1 Å². The monoisotopic (exact) mass is 328 g/mol. The number of rotatable bonds is 2. The molecule has 5 nitrogen and oxygen atoms in total. The number of halogens is 1. The van der Waals surface area contributed by atoms with E-state index in [2.05, 4.69) is 28.9 Å². The molecule has 0 unspecified atom stereocenters. The molecule has 1 fully saturated rings. The Morgan fingerprint density at radius 1 is 1.13 bits per heavy atom. The smallest absolute Gasteiger partial charge is 0.159 e. The topological polar surface area (TPSA) is 42.7 Å². The summed E-state index contributed by atoms with van der Waals surface area (Å²) in [6.07, 6.45) is 0. The molecule has 0 saturated carbocycles. The zero-order valence-corrected chi connectivity index (χ0v) is 13.6. The Kier molecular flexibility index (Phi) is 3.67. The predicted octanol–water partition coefficient (Wildman–Crippen LogP) is 3.19. The van der Waals surface area contributed by atoms with Gasteiger partial charge in [0.1, 0.15) is 11.0 Å². The van der Waals surface area contributed by atoms with Crippen molar-refractivity contribution in [3.63, 3.8) is 0 Å². The largest absolute Gasteiger partial charge is 0.378 e. The van der Waals surface area contributed by atoms with Crippen LogP contribution in [0.3, 0.4) is 0 Å². The SMILES string of the molecule is Cc1ccccc1-c1cc2nc(Cl)cc(N3CCOCC3)n2n1. The molecule has 118 valence electrons. The number of benzene rings is 1. The zero-order chi connectivity index (χ0) is 15.8. The van der Waals surface area contributed by atoms with E-state index in [-0.39, 0.29) is 0 Å². The number of aromatic nitrogens is 3. The lowest BCUT2D eigenvalue weighted by Gasteiger charge is -2.28. The Hall–Kier alpha value is -2.11. The van der Waals surface area contributed by atoms with Gasteiger partial charge in [0.15, 0.2) is 5.65 Å². The second kappa shape index (κ2) is 5.83. The van der Waals surface area contributed by atoms with Gasteiger partial charge in [-0.1, -0.05) is 35.9 Å². The summed E-state index contributed by atoms with van der Waals surface area (Å²) in [6, 6.07) is 12.1. The molecule has 3 aromatic rings. The van der Waals surface area contributed by atoms with Crippen LogP contribution in [0, 0.1) is 6.92 Å². The third-order valence-corrected chi connectivity index (χ3v) is 4.33. The van der Waals surface area contributed by atoms with Crippen molar-refractivity contribution in [2.24, 2.45) is 0 Å². The molecule has 0 aliphatic carbocycles. The first kappa shape index (κ1) is 14.5. The van der Waals surface area contributed by atoms with Gasteiger partial charge < -0.3 is 9.64 Å². The number of ether oxygens (including phenoxy) is 1. The maximum absolute atomic E-state index is 6.22. The molecule has 1 aliphatic heterocycles. The van der Waals surface area contributed by atoms with Crippen LogP contribution in [-0.4, -0.2) is 40.9 Å². The van der Waals surface area contributed by atoms with Gasteiger partial charge in [-0.3, -0.25) is 0 Å². The van der Waals surface area contributed by atoms with E-state index in [9.17, 15) is 0 Å². The van der Waals surface area contributed by atoms with E-state index in [4.69, 9.17) is 21.4 Å². The van der Waals surface area contributed by atoms with Crippen LogP contribution >= 0.6 is 11.6 Å². The average Bonchev–Trinajstić information content (AvgIpc) is 2.99. The Bertz CT molecular complexity index is 855. The van der Waals surface area contributed by atoms with Gasteiger partial charge in [0, 0.05) is 30.8 Å². The molecule has 23 heavy (non-hydrogen) atoms. The minimum Gasteiger partial charge on any atom is -0.378 e. The van der Waals surface area contributed by atoms with E-state index in [0.717, 1.165) is 35.8 Å². The molecule has 1 aromatic carbocycles. The number of nitrogens with zero attached hydrogens (tertiary/aromatic N) is 4. The fourth-order valence-corrected chi connectivity index (χ4v) is 3.12. The molecule has 0 bridgehead atoms. The summed E-state index contributed by atoms with van der Waals surface area (Å²) >= 11 is 6.22. The summed E-state index contributed by atoms with van der Waals surface area (Å²) in [7, 11) is 0. The van der Waals surface area contributed by atoms with E-state index in [1.54, 1.807) is 0 Å². The van der Waals surface area contributed by atoms with E-state index >= 15 is 0 Å². The van der Waals surface area contributed by atoms with Gasteiger partial charge in [0.25, 0.3) is 0 Å². The zero-order valence-electron chi connectivity index (χ0n) is 12.9. The van der Waals surface area contributed by atoms with E-state index < -0.39 is 0 Å². The maximum atomic E-state index is 6.22. The van der Waals surface area contributed by atoms with Crippen LogP contribution in [0.4, 0.5) is 5.82 Å². The van der Waals surface area contributed by atoms with Crippen LogP contribution in [-0.2, 0) is 4.74 Å². The first-order valence-electron chi connectivity index (χ1n) is 7.67. The molecule has 2 aromatic heterocycles. The van der Waals surface area contributed by atoms with Crippen LogP contribution in [0.5, 0.6) is 0 Å². The number of morpholine rings is 1. The molecule has 0 radical (unpaired) electrons. The van der Waals surface area contributed by atoms with Crippen molar-refractivity contribution in [1.82, 2.24) is 14.6 Å². The summed E-state index contributed by atoms with van der Waals surface area (Å²) in [6.45, 7) is 5.17. The number of fused-ring (bicyclic) bond motifs is 1. The first-order valence-corrected chi connectivity index (χ1v) is 8.05. The van der Waals surface area contributed by atoms with Crippen LogP contribution in [0.1, 0.15) is 5.56 Å². The minimum absolute atomic E-state index is 0.482. The third-order valence-electron chi connectivity index (χ3n) is 4.13. The lowest BCUT2D eigenvalue weighted by molar-refractivity contribution is 0.122. The Balaban J connectivity index is 1.86. The third kappa shape index (κ3) is 2.66. The minimum atomic E-state index is 0.482. The summed E-state index contributed by atoms with van der Waals surface area (Å²) in [5.41, 5.74) is 3.97. The Labute approximate surface area is 139 Å². The van der Waals surface area contributed by atoms with Gasteiger partial charge in [0.05, 0.1) is 18.9 Å². The van der Waals surface area contributed by atoms with Crippen LogP contribution in [0.15, 0.2) is 36.4 Å². The molecule has 0 N–H and O–H groups in total. The summed E-state index contributed by atoms with van der Waals surface area (Å²) in [4.78, 5) is 6.65. The van der Waals surface area contributed by atoms with Crippen molar-refractivity contribution in [2.45, 2.75) is 6.92 Å². The quantitative estimate of drug-likeness (QED) is 0.678. The van der Waals surface area contributed by atoms with Crippen molar-refractivity contribution >= 4 is 23.1 Å². The second-order valence-electron chi connectivity index (χ2n) is 5.65. The summed E-state index contributed by atoms with van der Waals surface area (Å²) in [5, 5.41) is 5.25. The lowest BCUT2D eigenvalue weighted by Crippen LogP contribution is -2.37. The Morgan fingerprint density at radius 2 is 1.91 bits per heavy atom. The predicted molar refractivity (Wildman–Crippen MR) is 91.2 cm³/mol. The Morgan fingerprint density at radius 3 is 2.70 bits per heavy atom. The lowest BCUT2D eigenvalue weighted by atomic mass is 10.1. The number of aryl methyl sites for hydroxylation is 1. The average molecular weight is 329 g/mol. The highest BCUT2D eigenvalue weighted by Crippen LogP contribution is 2.27. The van der Waals surface area contributed by atoms with Crippen LogP contribution < -0.4 is 4.90 Å². The molecular formula is C17H17ClN4O. The fourth-order valence-electron chi connectivity index (χ4n) is 2.94. The molecule has 1 aliphatic rings. The molecule has 0 atom stereocenters. The highest BCUT2D eigenvalue weighted by Gasteiger charge is 2.18. The standard InChI is InChI=1S/C17H17ClN4O/c1-12-4-2-3-5-13(12)14-10-16-19-15(18)11-17(22(16)20-14)21-6-8-23-9-7-21/h2-5,10-11H,6-9H2,1H3. The van der Waals surface area contributed by atoms with Gasteiger partial charge in [-0.2, -0.15) is 9.61 Å². The van der Waals surface area contributed by atoms with Crippen LogP contribution in [0.25, 0.3) is 16.9 Å². The summed E-state index contributed by atoms with van der Waals surface area (Å²) in [5.74, 6) is 0.961. The van der Waals surface area contributed by atoms with E-state index in [1.165, 1.54) is 5.56 Å². The van der Waals surface area contributed by atoms with Crippen LogP contribution in [0.2, 0.25) is 5.15 Å². The number of hydrogen-bond acceptors (Lipinski definition) is 4. The fraction of sp³-hybridized carbons (Fsp3) is 0.294. The molecule has 6 heteroatoms. The molecule has 4 rings (SSSR count). The van der Waals surface area contributed by atoms with Gasteiger partial charge in [0.2, 0.25) is 0 Å². The highest BCUT2D eigenvalue weighted by atomic mass is 35.5. The number of anilines is 1. The van der Waals surface area contributed by atoms with E-state index in [0.29, 0.717) is 18.4 Å². The van der Waals surface area contributed by atoms with Crippen molar-refractivity contribution in [3.8, 4) is 11.3 Å². The van der Waals surface area contributed by atoms with Gasteiger partial charge >= 0.3 is 0 Å². The second-order valence-corrected chi connectivity index (χ2v) is 6.04.